The predicted octanol–water partition coefficient (Wildman–Crippen LogP) is 7.10. The van der Waals surface area contributed by atoms with Gasteiger partial charge in [-0.05, 0) is 64.0 Å². The number of fused-ring (bicyclic) bond motifs is 3. The first-order chi connectivity index (χ1) is 15.1. The molecule has 0 spiro atoms. The zero-order valence-corrected chi connectivity index (χ0v) is 17.6. The third-order valence-electron chi connectivity index (χ3n) is 5.43. The third kappa shape index (κ3) is 3.54. The van der Waals surface area contributed by atoms with Crippen molar-refractivity contribution in [1.29, 1.82) is 0 Å². The number of carbonyl (C=O) groups excluding carboxylic acids is 1. The van der Waals surface area contributed by atoms with Crippen molar-refractivity contribution in [3.05, 3.63) is 101 Å². The lowest BCUT2D eigenvalue weighted by Gasteiger charge is -2.09. The van der Waals surface area contributed by atoms with Gasteiger partial charge in [0.25, 0.3) is 0 Å². The summed E-state index contributed by atoms with van der Waals surface area (Å²) in [6.07, 6.45) is 3.30. The lowest BCUT2D eigenvalue weighted by atomic mass is 9.94. The quantitative estimate of drug-likeness (QED) is 0.134. The van der Waals surface area contributed by atoms with Gasteiger partial charge in [-0.2, -0.15) is 0 Å². The van der Waals surface area contributed by atoms with Crippen LogP contribution in [0.2, 0.25) is 5.15 Å². The number of methoxy groups -OCH3 is 1. The first kappa shape index (κ1) is 19.3. The van der Waals surface area contributed by atoms with Crippen molar-refractivity contribution in [3.63, 3.8) is 0 Å². The van der Waals surface area contributed by atoms with Crippen molar-refractivity contribution >= 4 is 55.9 Å². The minimum atomic E-state index is -0.0743. The van der Waals surface area contributed by atoms with Crippen LogP contribution in [0.3, 0.4) is 0 Å². The second-order valence-electron chi connectivity index (χ2n) is 7.32. The molecule has 0 aliphatic rings. The lowest BCUT2D eigenvalue weighted by Crippen LogP contribution is -1.98. The van der Waals surface area contributed by atoms with Crippen molar-refractivity contribution in [2.75, 3.05) is 7.11 Å². The third-order valence-corrected chi connectivity index (χ3v) is 5.74. The van der Waals surface area contributed by atoms with Gasteiger partial charge in [0, 0.05) is 16.5 Å². The topological polar surface area (TPSA) is 39.2 Å². The van der Waals surface area contributed by atoms with Gasteiger partial charge < -0.3 is 4.74 Å². The number of hydrogen-bond donors (Lipinski definition) is 0. The number of halogens is 1. The van der Waals surface area contributed by atoms with Gasteiger partial charge in [0.1, 0.15) is 10.9 Å². The highest BCUT2D eigenvalue weighted by atomic mass is 35.5. The summed E-state index contributed by atoms with van der Waals surface area (Å²) in [5, 5.41) is 5.19. The number of pyridine rings is 1. The van der Waals surface area contributed by atoms with E-state index >= 15 is 0 Å². The van der Waals surface area contributed by atoms with Crippen LogP contribution < -0.4 is 4.74 Å². The molecular weight excluding hydrogens is 406 g/mol. The monoisotopic (exact) mass is 423 g/mol. The first-order valence-electron chi connectivity index (χ1n) is 9.91. The Morgan fingerprint density at radius 2 is 1.55 bits per heavy atom. The molecule has 0 unspecified atom stereocenters. The van der Waals surface area contributed by atoms with Crippen LogP contribution in [0.1, 0.15) is 15.9 Å². The smallest absolute Gasteiger partial charge is 0.187 e. The molecule has 0 aliphatic carbocycles. The Labute approximate surface area is 184 Å². The number of benzene rings is 4. The Morgan fingerprint density at radius 3 is 2.23 bits per heavy atom. The first-order valence-corrected chi connectivity index (χ1v) is 10.3. The van der Waals surface area contributed by atoms with Crippen LogP contribution in [0.15, 0.2) is 84.9 Å². The van der Waals surface area contributed by atoms with Gasteiger partial charge in [-0.1, -0.05) is 60.1 Å². The molecule has 1 heterocycles. The summed E-state index contributed by atoms with van der Waals surface area (Å²) >= 11 is 6.39. The van der Waals surface area contributed by atoms with Gasteiger partial charge in [0.15, 0.2) is 5.78 Å². The number of rotatable bonds is 4. The molecule has 4 heteroatoms. The van der Waals surface area contributed by atoms with Crippen LogP contribution in [0, 0.1) is 0 Å². The van der Waals surface area contributed by atoms with E-state index in [1.807, 2.05) is 72.8 Å². The minimum Gasteiger partial charge on any atom is -0.497 e. The van der Waals surface area contributed by atoms with Crippen molar-refractivity contribution in [2.24, 2.45) is 0 Å². The van der Waals surface area contributed by atoms with E-state index < -0.39 is 0 Å². The number of allylic oxidation sites excluding steroid dienone is 1. The number of hydrogen-bond acceptors (Lipinski definition) is 3. The Balaban J connectivity index is 1.61. The fraction of sp³-hybridized carbons (Fsp3) is 0.0370. The zero-order valence-electron chi connectivity index (χ0n) is 16.8. The Hall–Kier alpha value is -3.69. The average molecular weight is 424 g/mol. The largest absolute Gasteiger partial charge is 0.497 e. The second-order valence-corrected chi connectivity index (χ2v) is 7.68. The fourth-order valence-corrected chi connectivity index (χ4v) is 4.13. The van der Waals surface area contributed by atoms with E-state index in [0.717, 1.165) is 38.2 Å². The van der Waals surface area contributed by atoms with Crippen LogP contribution in [0.4, 0.5) is 0 Å². The summed E-state index contributed by atoms with van der Waals surface area (Å²) < 4.78 is 5.30. The van der Waals surface area contributed by atoms with Gasteiger partial charge in [-0.25, -0.2) is 4.98 Å². The molecule has 0 N–H and O–H groups in total. The number of carbonyl (C=O) groups is 1. The Morgan fingerprint density at radius 1 is 0.871 bits per heavy atom. The lowest BCUT2D eigenvalue weighted by molar-refractivity contribution is 0.105. The summed E-state index contributed by atoms with van der Waals surface area (Å²) in [5.41, 5.74) is 2.14. The SMILES string of the molecule is COc1ccc2nc(Cl)c(/C=C/C(=O)c3c4ccccc4cc4ccccc34)cc2c1. The molecule has 0 amide bonds. The summed E-state index contributed by atoms with van der Waals surface area (Å²) in [6, 6.07) is 25.5. The molecular formula is C27H18ClNO2. The van der Waals surface area contributed by atoms with E-state index in [2.05, 4.69) is 11.1 Å². The van der Waals surface area contributed by atoms with Crippen molar-refractivity contribution in [2.45, 2.75) is 0 Å². The number of nitrogens with zero attached hydrogens (tertiary/aromatic N) is 1. The van der Waals surface area contributed by atoms with E-state index in [9.17, 15) is 4.79 Å². The maximum Gasteiger partial charge on any atom is 0.187 e. The van der Waals surface area contributed by atoms with E-state index in [1.165, 1.54) is 0 Å². The van der Waals surface area contributed by atoms with E-state index in [1.54, 1.807) is 19.3 Å². The van der Waals surface area contributed by atoms with Gasteiger partial charge in [-0.3, -0.25) is 4.79 Å². The number of ketones is 1. The highest BCUT2D eigenvalue weighted by Crippen LogP contribution is 2.30. The Kier molecular flexibility index (Phi) is 4.89. The van der Waals surface area contributed by atoms with E-state index in [0.29, 0.717) is 16.3 Å². The van der Waals surface area contributed by atoms with Gasteiger partial charge >= 0.3 is 0 Å². The molecule has 5 aromatic rings. The summed E-state index contributed by atoms with van der Waals surface area (Å²) in [5.74, 6) is 0.666. The van der Waals surface area contributed by atoms with Crippen LogP contribution in [0.25, 0.3) is 38.5 Å². The molecule has 31 heavy (non-hydrogen) atoms. The molecule has 1 aromatic heterocycles. The summed E-state index contributed by atoms with van der Waals surface area (Å²) in [4.78, 5) is 17.8. The summed E-state index contributed by atoms with van der Waals surface area (Å²) in [7, 11) is 1.62. The number of ether oxygens (including phenoxy) is 1. The van der Waals surface area contributed by atoms with Gasteiger partial charge in [0.2, 0.25) is 0 Å². The predicted molar refractivity (Wildman–Crippen MR) is 128 cm³/mol. The van der Waals surface area contributed by atoms with E-state index in [4.69, 9.17) is 16.3 Å². The molecule has 150 valence electrons. The molecule has 3 nitrogen and oxygen atoms in total. The standard InChI is InChI=1S/C27H18ClNO2/c1-31-21-11-12-24-20(16-21)15-19(27(28)29-24)10-13-25(30)26-22-8-4-2-6-17(22)14-18-7-3-5-9-23(18)26/h2-16H,1H3/b13-10+. The molecule has 0 atom stereocenters. The maximum atomic E-state index is 13.4. The van der Waals surface area contributed by atoms with Crippen molar-refractivity contribution in [1.82, 2.24) is 4.98 Å². The molecule has 5 rings (SSSR count). The second kappa shape index (κ2) is 7.86. The molecule has 0 radical (unpaired) electrons. The van der Waals surface area contributed by atoms with Crippen molar-refractivity contribution in [3.8, 4) is 5.75 Å². The molecule has 0 fully saturated rings. The average Bonchev–Trinajstić information content (AvgIpc) is 2.80. The van der Waals surface area contributed by atoms with Gasteiger partial charge in [0.05, 0.1) is 12.6 Å². The molecule has 0 saturated heterocycles. The van der Waals surface area contributed by atoms with Crippen molar-refractivity contribution < 1.29 is 9.53 Å². The van der Waals surface area contributed by atoms with Crippen LogP contribution in [0.5, 0.6) is 5.75 Å². The Bertz CT molecular complexity index is 1450. The van der Waals surface area contributed by atoms with Crippen LogP contribution in [-0.2, 0) is 0 Å². The highest BCUT2D eigenvalue weighted by Gasteiger charge is 2.13. The van der Waals surface area contributed by atoms with Gasteiger partial charge in [-0.15, -0.1) is 0 Å². The highest BCUT2D eigenvalue weighted by molar-refractivity contribution is 6.31. The number of aromatic nitrogens is 1. The van der Waals surface area contributed by atoms with E-state index in [-0.39, 0.29) is 5.78 Å². The zero-order chi connectivity index (χ0) is 21.4. The van der Waals surface area contributed by atoms with Crippen LogP contribution >= 0.6 is 11.6 Å². The molecule has 0 aliphatic heterocycles. The van der Waals surface area contributed by atoms with Crippen LogP contribution in [-0.4, -0.2) is 17.9 Å². The summed E-state index contributed by atoms with van der Waals surface area (Å²) in [6.45, 7) is 0. The normalized spacial score (nSPS) is 11.5. The fourth-order valence-electron chi connectivity index (χ4n) is 3.92. The maximum absolute atomic E-state index is 13.4. The molecule has 0 saturated carbocycles. The molecule has 4 aromatic carbocycles. The minimum absolute atomic E-state index is 0.0743. The molecule has 0 bridgehead atoms.